The van der Waals surface area contributed by atoms with Crippen molar-refractivity contribution in [2.75, 3.05) is 13.1 Å². The first kappa shape index (κ1) is 25.5. The van der Waals surface area contributed by atoms with Crippen LogP contribution in [0.5, 0.6) is 0 Å². The average Bonchev–Trinajstić information content (AvgIpc) is 3.56. The van der Waals surface area contributed by atoms with Gasteiger partial charge in [0.1, 0.15) is 17.1 Å². The molecule has 0 spiro atoms. The Bertz CT molecular complexity index is 1750. The highest BCUT2D eigenvalue weighted by atomic mass is 19.4. The van der Waals surface area contributed by atoms with E-state index in [0.29, 0.717) is 31.6 Å². The van der Waals surface area contributed by atoms with Gasteiger partial charge in [0.25, 0.3) is 5.91 Å². The van der Waals surface area contributed by atoms with E-state index >= 15 is 0 Å². The van der Waals surface area contributed by atoms with E-state index in [1.54, 1.807) is 10.8 Å². The van der Waals surface area contributed by atoms with Gasteiger partial charge < -0.3 is 9.88 Å². The molecule has 1 fully saturated rings. The zero-order chi connectivity index (χ0) is 28.0. The van der Waals surface area contributed by atoms with Crippen molar-refractivity contribution in [2.24, 2.45) is 0 Å². The first-order chi connectivity index (χ1) is 19.2. The van der Waals surface area contributed by atoms with E-state index < -0.39 is 29.1 Å². The van der Waals surface area contributed by atoms with Gasteiger partial charge in [0.15, 0.2) is 5.65 Å². The zero-order valence-electron chi connectivity index (χ0n) is 20.9. The highest BCUT2D eigenvalue weighted by Gasteiger charge is 2.36. The predicted octanol–water partition coefficient (Wildman–Crippen LogP) is 5.19. The van der Waals surface area contributed by atoms with E-state index in [0.717, 1.165) is 28.3 Å². The summed E-state index contributed by atoms with van der Waals surface area (Å²) in [5.41, 5.74) is -0.139. The summed E-state index contributed by atoms with van der Waals surface area (Å²) in [6.45, 7) is 0.603. The third-order valence-corrected chi connectivity index (χ3v) is 7.06. The standard InChI is InChI=1S/C28H22F4N6O2/c29-19-8-6-18(7-9-19)22-14-21(28(30,31)32)25-33-24(16-38(25)35-22)26(39)36-12-10-20(11-13-36)37-15-23(34-27(37)40)17-4-2-1-3-5-17/h1-9,14-16,20H,10-13H2,(H,34,40). The van der Waals surface area contributed by atoms with Crippen molar-refractivity contribution < 1.29 is 22.4 Å². The second-order valence-electron chi connectivity index (χ2n) is 9.61. The first-order valence-electron chi connectivity index (χ1n) is 12.6. The van der Waals surface area contributed by atoms with E-state index in [2.05, 4.69) is 15.1 Å². The summed E-state index contributed by atoms with van der Waals surface area (Å²) in [4.78, 5) is 34.2. The fourth-order valence-corrected chi connectivity index (χ4v) is 5.01. The molecule has 1 aliphatic heterocycles. The fourth-order valence-electron chi connectivity index (χ4n) is 5.01. The second-order valence-corrected chi connectivity index (χ2v) is 9.61. The summed E-state index contributed by atoms with van der Waals surface area (Å²) in [6, 6.07) is 15.1. The van der Waals surface area contributed by atoms with E-state index in [-0.39, 0.29) is 28.7 Å². The highest BCUT2D eigenvalue weighted by Crippen LogP contribution is 2.34. The third-order valence-electron chi connectivity index (χ3n) is 7.06. The van der Waals surface area contributed by atoms with Crippen LogP contribution >= 0.6 is 0 Å². The van der Waals surface area contributed by atoms with E-state index in [1.165, 1.54) is 23.2 Å². The summed E-state index contributed by atoms with van der Waals surface area (Å²) >= 11 is 0. The smallest absolute Gasteiger partial charge is 0.337 e. The van der Waals surface area contributed by atoms with Crippen molar-refractivity contribution >= 4 is 11.6 Å². The van der Waals surface area contributed by atoms with Crippen molar-refractivity contribution in [3.63, 3.8) is 0 Å². The monoisotopic (exact) mass is 550 g/mol. The van der Waals surface area contributed by atoms with Gasteiger partial charge in [-0.3, -0.25) is 9.36 Å². The minimum atomic E-state index is -4.76. The van der Waals surface area contributed by atoms with Crippen molar-refractivity contribution in [3.8, 4) is 22.5 Å². The Kier molecular flexibility index (Phi) is 6.24. The minimum Gasteiger partial charge on any atom is -0.337 e. The summed E-state index contributed by atoms with van der Waals surface area (Å²) in [6.07, 6.45) is -0.830. The molecule has 8 nitrogen and oxygen atoms in total. The lowest BCUT2D eigenvalue weighted by atomic mass is 10.0. The number of aromatic nitrogens is 5. The van der Waals surface area contributed by atoms with Gasteiger partial charge in [-0.2, -0.15) is 18.3 Å². The number of halogens is 4. The number of alkyl halides is 3. The molecule has 0 radical (unpaired) electrons. The summed E-state index contributed by atoms with van der Waals surface area (Å²) in [7, 11) is 0. The molecule has 5 aromatic rings. The molecule has 0 saturated carbocycles. The number of nitrogens with zero attached hydrogens (tertiary/aromatic N) is 5. The molecule has 4 heterocycles. The highest BCUT2D eigenvalue weighted by molar-refractivity contribution is 5.93. The number of rotatable bonds is 4. The molecule has 3 aromatic heterocycles. The number of carbonyl (C=O) groups excluding carboxylic acids is 1. The van der Waals surface area contributed by atoms with Gasteiger partial charge in [-0.05, 0) is 48.7 Å². The maximum absolute atomic E-state index is 13.9. The van der Waals surface area contributed by atoms with Crippen LogP contribution in [0.2, 0.25) is 0 Å². The van der Waals surface area contributed by atoms with Crippen LogP contribution in [0.1, 0.15) is 34.9 Å². The predicted molar refractivity (Wildman–Crippen MR) is 138 cm³/mol. The molecule has 0 unspecified atom stereocenters. The second kappa shape index (κ2) is 9.78. The molecular weight excluding hydrogens is 528 g/mol. The third kappa shape index (κ3) is 4.76. The van der Waals surface area contributed by atoms with Crippen LogP contribution in [0.3, 0.4) is 0 Å². The molecule has 204 valence electrons. The molecule has 1 N–H and O–H groups in total. The molecule has 2 aromatic carbocycles. The number of hydrogen-bond donors (Lipinski definition) is 1. The lowest BCUT2D eigenvalue weighted by Crippen LogP contribution is -2.40. The van der Waals surface area contributed by atoms with Crippen molar-refractivity contribution in [1.82, 2.24) is 29.0 Å². The molecule has 1 aliphatic rings. The number of H-pyrrole nitrogens is 1. The van der Waals surface area contributed by atoms with Gasteiger partial charge in [-0.25, -0.2) is 18.7 Å². The number of nitrogens with one attached hydrogen (secondary N) is 1. The molecule has 40 heavy (non-hydrogen) atoms. The maximum atomic E-state index is 13.9. The molecule has 12 heteroatoms. The van der Waals surface area contributed by atoms with Gasteiger partial charge in [0, 0.05) is 30.9 Å². The van der Waals surface area contributed by atoms with Crippen LogP contribution < -0.4 is 5.69 Å². The number of carbonyl (C=O) groups is 1. The van der Waals surface area contributed by atoms with Crippen LogP contribution in [-0.4, -0.2) is 48.0 Å². The largest absolute Gasteiger partial charge is 0.420 e. The van der Waals surface area contributed by atoms with E-state index in [4.69, 9.17) is 0 Å². The molecule has 1 amide bonds. The Morgan fingerprint density at radius 2 is 1.65 bits per heavy atom. The Hall–Kier alpha value is -4.74. The summed E-state index contributed by atoms with van der Waals surface area (Å²) < 4.78 is 57.7. The lowest BCUT2D eigenvalue weighted by molar-refractivity contribution is -0.136. The number of fused-ring (bicyclic) bond motifs is 1. The average molecular weight is 551 g/mol. The SMILES string of the molecule is O=C(c1cn2nc(-c3ccc(F)cc3)cc(C(F)(F)F)c2n1)N1CCC(n2cc(-c3ccccc3)[nH]c2=O)CC1. The quantitative estimate of drug-likeness (QED) is 0.312. The Morgan fingerprint density at radius 3 is 2.33 bits per heavy atom. The van der Waals surface area contributed by atoms with Gasteiger partial charge in [0.05, 0.1) is 17.6 Å². The van der Waals surface area contributed by atoms with Crippen molar-refractivity contribution in [2.45, 2.75) is 25.1 Å². The summed E-state index contributed by atoms with van der Waals surface area (Å²) in [5.74, 6) is -1.05. The van der Waals surface area contributed by atoms with Crippen LogP contribution in [-0.2, 0) is 6.18 Å². The van der Waals surface area contributed by atoms with E-state index in [1.807, 2.05) is 30.3 Å². The maximum Gasteiger partial charge on any atom is 0.420 e. The minimum absolute atomic E-state index is 0.0381. The Balaban J connectivity index is 1.23. The number of benzene rings is 2. The van der Waals surface area contributed by atoms with Gasteiger partial charge in [-0.15, -0.1) is 0 Å². The Labute approximate surface area is 224 Å². The Morgan fingerprint density at radius 1 is 0.950 bits per heavy atom. The normalized spacial score (nSPS) is 14.7. The van der Waals surface area contributed by atoms with Gasteiger partial charge in [0.2, 0.25) is 0 Å². The molecule has 0 aliphatic carbocycles. The number of imidazole rings is 2. The lowest BCUT2D eigenvalue weighted by Gasteiger charge is -2.31. The number of amides is 1. The van der Waals surface area contributed by atoms with Crippen LogP contribution in [0, 0.1) is 5.82 Å². The summed E-state index contributed by atoms with van der Waals surface area (Å²) in [5, 5.41) is 4.21. The first-order valence-corrected chi connectivity index (χ1v) is 12.6. The number of aromatic amines is 1. The molecule has 6 rings (SSSR count). The number of piperidine rings is 1. The molecule has 0 bridgehead atoms. The van der Waals surface area contributed by atoms with Crippen LogP contribution in [0.25, 0.3) is 28.2 Å². The van der Waals surface area contributed by atoms with Crippen molar-refractivity contribution in [3.05, 3.63) is 101 Å². The number of likely N-dealkylation sites (tertiary alicyclic amines) is 1. The van der Waals surface area contributed by atoms with E-state index in [9.17, 15) is 27.2 Å². The molecular formula is C28H22F4N6O2. The van der Waals surface area contributed by atoms with Crippen LogP contribution in [0.4, 0.5) is 17.6 Å². The van der Waals surface area contributed by atoms with Gasteiger partial charge in [-0.1, -0.05) is 30.3 Å². The van der Waals surface area contributed by atoms with Gasteiger partial charge >= 0.3 is 11.9 Å². The molecule has 1 saturated heterocycles. The fraction of sp³-hybridized carbons (Fsp3) is 0.214. The molecule has 0 atom stereocenters. The van der Waals surface area contributed by atoms with Crippen LogP contribution in [0.15, 0.2) is 77.9 Å². The zero-order valence-corrected chi connectivity index (χ0v) is 20.9. The topological polar surface area (TPSA) is 88.3 Å². The number of hydrogen-bond acceptors (Lipinski definition) is 4. The van der Waals surface area contributed by atoms with Crippen molar-refractivity contribution in [1.29, 1.82) is 0 Å².